The van der Waals surface area contributed by atoms with Gasteiger partial charge in [0.05, 0.1) is 35.7 Å². The molecule has 2 saturated heterocycles. The van der Waals surface area contributed by atoms with E-state index in [1.807, 2.05) is 62.8 Å². The summed E-state index contributed by atoms with van der Waals surface area (Å²) in [5.41, 5.74) is 2.66. The number of benzene rings is 1. The van der Waals surface area contributed by atoms with E-state index in [0.29, 0.717) is 19.7 Å². The fraction of sp³-hybridized carbons (Fsp3) is 0.652. The van der Waals surface area contributed by atoms with Gasteiger partial charge in [-0.1, -0.05) is 0 Å². The second kappa shape index (κ2) is 9.02. The van der Waals surface area contributed by atoms with Gasteiger partial charge in [0.2, 0.25) is 0 Å². The maximum absolute atomic E-state index is 12.8. The molecule has 3 aliphatic rings. The van der Waals surface area contributed by atoms with Crippen LogP contribution in [0, 0.1) is 5.92 Å². The number of hydrogen-bond acceptors (Lipinski definition) is 7. The van der Waals surface area contributed by atoms with Crippen molar-refractivity contribution in [2.24, 2.45) is 10.9 Å². The first-order chi connectivity index (χ1) is 15.2. The molecule has 4 rings (SSSR count). The van der Waals surface area contributed by atoms with Crippen molar-refractivity contribution in [1.29, 1.82) is 0 Å². The summed E-state index contributed by atoms with van der Waals surface area (Å²) >= 11 is 1.82. The summed E-state index contributed by atoms with van der Waals surface area (Å²) in [5.74, 6) is 1.10. The predicted octanol–water partition coefficient (Wildman–Crippen LogP) is 3.31. The number of aliphatic imine (C=N–C) groups is 1. The number of carbonyl (C=O) groups excluding carboxylic acids is 1. The second-order valence-corrected chi connectivity index (χ2v) is 10.8. The fourth-order valence-electron chi connectivity index (χ4n) is 4.32. The average Bonchev–Trinajstić information content (AvgIpc) is 3.56. The van der Waals surface area contributed by atoms with Crippen molar-refractivity contribution in [2.45, 2.75) is 37.8 Å². The van der Waals surface area contributed by atoms with Gasteiger partial charge in [0, 0.05) is 51.8 Å². The van der Waals surface area contributed by atoms with Crippen LogP contribution < -0.4 is 15.0 Å². The van der Waals surface area contributed by atoms with Crippen molar-refractivity contribution in [3.8, 4) is 5.75 Å². The molecule has 3 aliphatic heterocycles. The molecular weight excluding hydrogens is 426 g/mol. The van der Waals surface area contributed by atoms with Crippen LogP contribution in [0.2, 0.25) is 0 Å². The van der Waals surface area contributed by atoms with Crippen LogP contribution in [-0.2, 0) is 4.74 Å². The van der Waals surface area contributed by atoms with E-state index in [-0.39, 0.29) is 23.4 Å². The molecule has 2 fully saturated rings. The largest absolute Gasteiger partial charge is 0.490 e. The molecule has 1 amide bonds. The van der Waals surface area contributed by atoms with Gasteiger partial charge in [-0.15, -0.1) is 11.8 Å². The Morgan fingerprint density at radius 2 is 2.09 bits per heavy atom. The molecule has 0 radical (unpaired) electrons. The number of fused-ring (bicyclic) bond motifs is 4. The number of anilines is 1. The monoisotopic (exact) mass is 461 g/mol. The minimum atomic E-state index is -0.507. The van der Waals surface area contributed by atoms with Crippen LogP contribution in [0.5, 0.6) is 5.75 Å². The Balaban J connectivity index is 1.68. The molecule has 2 bridgehead atoms. The fourth-order valence-corrected chi connectivity index (χ4v) is 5.34. The lowest BCUT2D eigenvalue weighted by molar-refractivity contribution is 0.0228. The van der Waals surface area contributed by atoms with Gasteiger partial charge in [-0.25, -0.2) is 9.79 Å². The van der Waals surface area contributed by atoms with Gasteiger partial charge < -0.3 is 29.5 Å². The SMILES string of the molecule is CSC1C2COc3c(ccc(N=CN(C)C)c3C3CN3)N1CCN(C(=O)OC(C)(C)C)C2. The molecule has 1 aromatic rings. The zero-order valence-electron chi connectivity index (χ0n) is 19.9. The second-order valence-electron chi connectivity index (χ2n) is 9.83. The molecule has 3 atom stereocenters. The Kier molecular flexibility index (Phi) is 6.49. The van der Waals surface area contributed by atoms with Crippen LogP contribution in [0.25, 0.3) is 0 Å². The number of rotatable bonds is 4. The predicted molar refractivity (Wildman–Crippen MR) is 130 cm³/mol. The molecule has 32 heavy (non-hydrogen) atoms. The van der Waals surface area contributed by atoms with Gasteiger partial charge in [0.15, 0.2) is 0 Å². The molecule has 1 aromatic carbocycles. The maximum atomic E-state index is 12.8. The maximum Gasteiger partial charge on any atom is 0.410 e. The number of ether oxygens (including phenoxy) is 2. The van der Waals surface area contributed by atoms with Gasteiger partial charge in [-0.3, -0.25) is 0 Å². The van der Waals surface area contributed by atoms with Crippen LogP contribution in [0.1, 0.15) is 32.4 Å². The molecule has 0 aliphatic carbocycles. The van der Waals surface area contributed by atoms with E-state index in [9.17, 15) is 4.79 Å². The van der Waals surface area contributed by atoms with Crippen LogP contribution in [-0.4, -0.2) is 86.3 Å². The zero-order chi connectivity index (χ0) is 23.0. The third-order valence-corrected chi connectivity index (χ3v) is 6.88. The Labute approximate surface area is 195 Å². The topological polar surface area (TPSA) is 79.5 Å². The van der Waals surface area contributed by atoms with Crippen molar-refractivity contribution < 1.29 is 14.3 Å². The molecule has 0 aromatic heterocycles. The Bertz CT molecular complexity index is 881. The number of nitrogens with one attached hydrogen (secondary N) is 1. The van der Waals surface area contributed by atoms with E-state index >= 15 is 0 Å². The minimum Gasteiger partial charge on any atom is -0.490 e. The van der Waals surface area contributed by atoms with Crippen molar-refractivity contribution in [2.75, 3.05) is 58.0 Å². The van der Waals surface area contributed by atoms with E-state index in [1.165, 1.54) is 0 Å². The highest BCUT2D eigenvalue weighted by Gasteiger charge is 2.41. The molecule has 8 nitrogen and oxygen atoms in total. The van der Waals surface area contributed by atoms with Gasteiger partial charge in [-0.05, 0) is 39.2 Å². The van der Waals surface area contributed by atoms with E-state index in [2.05, 4.69) is 28.6 Å². The molecule has 176 valence electrons. The summed E-state index contributed by atoms with van der Waals surface area (Å²) in [6.45, 7) is 9.18. The highest BCUT2D eigenvalue weighted by molar-refractivity contribution is 7.99. The number of hydrogen-bond donors (Lipinski definition) is 1. The minimum absolute atomic E-state index is 0.168. The van der Waals surface area contributed by atoms with Crippen molar-refractivity contribution in [1.82, 2.24) is 15.1 Å². The van der Waals surface area contributed by atoms with E-state index in [4.69, 9.17) is 14.5 Å². The molecule has 0 saturated carbocycles. The summed E-state index contributed by atoms with van der Waals surface area (Å²) < 4.78 is 12.2. The smallest absolute Gasteiger partial charge is 0.410 e. The van der Waals surface area contributed by atoms with Gasteiger partial charge in [0.1, 0.15) is 11.4 Å². The summed E-state index contributed by atoms with van der Waals surface area (Å²) in [7, 11) is 3.94. The van der Waals surface area contributed by atoms with E-state index < -0.39 is 5.60 Å². The summed E-state index contributed by atoms with van der Waals surface area (Å²) in [6.07, 6.45) is 3.72. The van der Waals surface area contributed by atoms with Crippen molar-refractivity contribution in [3.63, 3.8) is 0 Å². The highest BCUT2D eigenvalue weighted by atomic mass is 32.2. The van der Waals surface area contributed by atoms with Gasteiger partial charge in [0.25, 0.3) is 0 Å². The van der Waals surface area contributed by atoms with E-state index in [1.54, 1.807) is 0 Å². The molecule has 3 heterocycles. The average molecular weight is 462 g/mol. The lowest BCUT2D eigenvalue weighted by Gasteiger charge is -2.32. The lowest BCUT2D eigenvalue weighted by Crippen LogP contribution is -2.41. The summed E-state index contributed by atoms with van der Waals surface area (Å²) in [6, 6.07) is 4.48. The van der Waals surface area contributed by atoms with Crippen LogP contribution in [0.3, 0.4) is 0 Å². The quantitative estimate of drug-likeness (QED) is 0.419. The number of carbonyl (C=O) groups is 1. The Morgan fingerprint density at radius 3 is 2.72 bits per heavy atom. The van der Waals surface area contributed by atoms with Crippen LogP contribution >= 0.6 is 11.8 Å². The third kappa shape index (κ3) is 4.93. The standard InChI is InChI=1S/C23H35N5O3S/c1-23(2,3)31-22(29)27-9-10-28-18-8-7-16(25-14-26(4)5)19(17-11-24-17)20(18)30-13-15(12-27)21(28)32-6/h7-8,14-15,17,21,24H,9-13H2,1-6H3. The number of amides is 1. The van der Waals surface area contributed by atoms with E-state index in [0.717, 1.165) is 35.8 Å². The zero-order valence-corrected chi connectivity index (χ0v) is 20.7. The number of nitrogens with zero attached hydrogens (tertiary/aromatic N) is 4. The van der Waals surface area contributed by atoms with Crippen LogP contribution in [0.15, 0.2) is 17.1 Å². The lowest BCUT2D eigenvalue weighted by atomic mass is 10.1. The summed E-state index contributed by atoms with van der Waals surface area (Å²) in [4.78, 5) is 23.7. The van der Waals surface area contributed by atoms with Crippen LogP contribution in [0.4, 0.5) is 16.2 Å². The van der Waals surface area contributed by atoms with Crippen molar-refractivity contribution >= 4 is 35.6 Å². The van der Waals surface area contributed by atoms with Crippen molar-refractivity contribution in [3.05, 3.63) is 17.7 Å². The Hall–Kier alpha value is -2.13. The normalized spacial score (nSPS) is 25.0. The molecule has 9 heteroatoms. The molecular formula is C23H35N5O3S. The first-order valence-corrected chi connectivity index (χ1v) is 12.5. The molecule has 3 unspecified atom stereocenters. The van der Waals surface area contributed by atoms with Gasteiger partial charge in [-0.2, -0.15) is 0 Å². The van der Waals surface area contributed by atoms with Gasteiger partial charge >= 0.3 is 6.09 Å². The summed E-state index contributed by atoms with van der Waals surface area (Å²) in [5, 5.41) is 3.65. The molecule has 1 N–H and O–H groups in total. The molecule has 0 spiro atoms. The first kappa shape index (κ1) is 23.0. The Morgan fingerprint density at radius 1 is 1.34 bits per heavy atom. The number of thioether (sulfide) groups is 1. The first-order valence-electron chi connectivity index (χ1n) is 11.2. The third-order valence-electron chi connectivity index (χ3n) is 5.76. The highest BCUT2D eigenvalue weighted by Crippen LogP contribution is 2.48.